The van der Waals surface area contributed by atoms with Gasteiger partial charge in [-0.25, -0.2) is 0 Å². The highest BCUT2D eigenvalue weighted by molar-refractivity contribution is 7.33. The van der Waals surface area contributed by atoms with Crippen LogP contribution in [-0.2, 0) is 13.6 Å². The van der Waals surface area contributed by atoms with Gasteiger partial charge in [0, 0.05) is 36.6 Å². The Morgan fingerprint density at radius 3 is 1.38 bits per heavy atom. The molecule has 4 aromatic carbocycles. The van der Waals surface area contributed by atoms with E-state index in [1.54, 1.807) is 46.9 Å². The third-order valence-electron chi connectivity index (χ3n) is 7.78. The predicted molar refractivity (Wildman–Crippen MR) is 204 cm³/mol. The largest absolute Gasteiger partial charge is 0.700 e. The van der Waals surface area contributed by atoms with Gasteiger partial charge in [-0.1, -0.05) is 57.6 Å². The van der Waals surface area contributed by atoms with Gasteiger partial charge in [-0.2, -0.15) is 10.5 Å². The van der Waals surface area contributed by atoms with Gasteiger partial charge in [0.25, 0.3) is 11.8 Å². The van der Waals surface area contributed by atoms with E-state index in [-0.39, 0.29) is 0 Å². The van der Waals surface area contributed by atoms with Gasteiger partial charge in [0.05, 0.1) is 22.7 Å². The van der Waals surface area contributed by atoms with E-state index in [9.17, 15) is 24.7 Å². The van der Waals surface area contributed by atoms with Crippen molar-refractivity contribution in [2.24, 2.45) is 0 Å². The first-order valence-electron chi connectivity index (χ1n) is 15.5. The fraction of sp³-hybridized carbons (Fsp3) is 0.0526. The third kappa shape index (κ3) is 8.40. The van der Waals surface area contributed by atoms with Crippen LogP contribution in [0, 0.1) is 22.7 Å². The second-order valence-electron chi connectivity index (χ2n) is 11.2. The molecule has 0 aliphatic carbocycles. The molecule has 2 aromatic heterocycles. The lowest BCUT2D eigenvalue weighted by Crippen LogP contribution is -2.13. The number of hydrogen-bond donors (Lipinski definition) is 4. The zero-order valence-corrected chi connectivity index (χ0v) is 29.6. The molecule has 0 fully saturated rings. The summed E-state index contributed by atoms with van der Waals surface area (Å²) in [6.07, 6.45) is -2.65. The molecular weight excluding hydrogens is 716 g/mol. The van der Waals surface area contributed by atoms with Gasteiger partial charge in [-0.15, -0.1) is 22.7 Å². The van der Waals surface area contributed by atoms with Crippen LogP contribution in [0.4, 0.5) is 22.7 Å². The van der Waals surface area contributed by atoms with E-state index in [0.29, 0.717) is 45.0 Å². The normalized spacial score (nSPS) is 12.2. The maximum absolute atomic E-state index is 13.0. The molecule has 0 aliphatic rings. The summed E-state index contributed by atoms with van der Waals surface area (Å²) in [6, 6.07) is 34.4. The number of nitrogens with zero attached hydrogens (tertiary/aromatic N) is 2. The number of amides is 2. The molecule has 52 heavy (non-hydrogen) atoms. The van der Waals surface area contributed by atoms with Crippen molar-refractivity contribution in [1.29, 1.82) is 10.5 Å². The van der Waals surface area contributed by atoms with Gasteiger partial charge in [0.1, 0.15) is 12.1 Å². The molecule has 6 aromatic rings. The van der Waals surface area contributed by atoms with E-state index >= 15 is 0 Å². The maximum atomic E-state index is 13.0. The Labute approximate surface area is 307 Å². The van der Waals surface area contributed by atoms with Crippen LogP contribution in [-0.4, -0.2) is 11.8 Å². The van der Waals surface area contributed by atoms with Crippen LogP contribution in [0.2, 0.25) is 0 Å². The SMILES string of the molecule is N#CC(O[P+](=O)OC(C#N)c1ccc(C(=O)Nc2cc(-c3cccs3)ccc2N)cc1)c1ccc(C(=O)Nc2cc(-c3cccs3)ccc2N)cc1. The number of anilines is 4. The van der Waals surface area contributed by atoms with Gasteiger partial charge in [-0.3, -0.25) is 9.59 Å². The van der Waals surface area contributed by atoms with Crippen LogP contribution < -0.4 is 22.1 Å². The number of nitriles is 2. The van der Waals surface area contributed by atoms with E-state index < -0.39 is 32.3 Å². The lowest BCUT2D eigenvalue weighted by atomic mass is 10.1. The minimum absolute atomic E-state index is 0.291. The van der Waals surface area contributed by atoms with Gasteiger partial charge in [0.15, 0.2) is 0 Å². The number of nitrogens with two attached hydrogens (primary N) is 2. The average Bonchev–Trinajstić information content (AvgIpc) is 3.91. The second-order valence-corrected chi connectivity index (χ2v) is 13.9. The molecule has 0 saturated heterocycles. The predicted octanol–water partition coefficient (Wildman–Crippen LogP) is 9.33. The van der Waals surface area contributed by atoms with Crippen LogP contribution >= 0.6 is 30.9 Å². The number of nitrogens with one attached hydrogen (secondary N) is 2. The van der Waals surface area contributed by atoms with Gasteiger partial charge in [0.2, 0.25) is 12.2 Å². The molecule has 6 N–H and O–H groups in total. The van der Waals surface area contributed by atoms with Crippen LogP contribution in [0.1, 0.15) is 44.1 Å². The Balaban J connectivity index is 1.05. The average molecular weight is 744 g/mol. The summed E-state index contributed by atoms with van der Waals surface area (Å²) in [5.74, 6) is -0.837. The first kappa shape index (κ1) is 35.6. The summed E-state index contributed by atoms with van der Waals surface area (Å²) in [5.41, 5.74) is 17.0. The smallest absolute Gasteiger partial charge is 0.397 e. The van der Waals surface area contributed by atoms with Crippen molar-refractivity contribution in [2.45, 2.75) is 12.2 Å². The van der Waals surface area contributed by atoms with Crippen molar-refractivity contribution in [1.82, 2.24) is 0 Å². The Morgan fingerprint density at radius 2 is 1.04 bits per heavy atom. The molecule has 0 radical (unpaired) electrons. The molecule has 0 bridgehead atoms. The minimum atomic E-state index is -2.95. The zero-order chi connectivity index (χ0) is 36.6. The molecule has 0 aliphatic heterocycles. The monoisotopic (exact) mass is 743 g/mol. The molecule has 2 amide bonds. The first-order valence-corrected chi connectivity index (χ1v) is 18.4. The lowest BCUT2D eigenvalue weighted by Gasteiger charge is -2.11. The van der Waals surface area contributed by atoms with Crippen LogP contribution in [0.15, 0.2) is 120 Å². The molecular formula is C38H28N6O5PS2+. The number of hydrogen-bond acceptors (Lipinski definition) is 11. The number of nitrogen functional groups attached to an aromatic ring is 2. The lowest BCUT2D eigenvalue weighted by molar-refractivity contribution is 0.101. The summed E-state index contributed by atoms with van der Waals surface area (Å²) in [7, 11) is -2.95. The number of carbonyl (C=O) groups is 2. The topological polar surface area (TPSA) is 193 Å². The van der Waals surface area contributed by atoms with Crippen molar-refractivity contribution in [2.75, 3.05) is 22.1 Å². The van der Waals surface area contributed by atoms with E-state index in [0.717, 1.165) is 20.9 Å². The van der Waals surface area contributed by atoms with Crippen LogP contribution in [0.25, 0.3) is 20.9 Å². The Kier molecular flexibility index (Phi) is 11.1. The second kappa shape index (κ2) is 16.2. The van der Waals surface area contributed by atoms with E-state index in [1.165, 1.54) is 48.5 Å². The summed E-state index contributed by atoms with van der Waals surface area (Å²) in [4.78, 5) is 28.1. The van der Waals surface area contributed by atoms with Gasteiger partial charge < -0.3 is 22.1 Å². The Morgan fingerprint density at radius 1 is 0.635 bits per heavy atom. The fourth-order valence-electron chi connectivity index (χ4n) is 5.04. The maximum Gasteiger partial charge on any atom is 0.700 e. The van der Waals surface area contributed by atoms with E-state index in [4.69, 9.17) is 20.5 Å². The van der Waals surface area contributed by atoms with Crippen LogP contribution in [0.3, 0.4) is 0 Å². The summed E-state index contributed by atoms with van der Waals surface area (Å²) < 4.78 is 23.5. The standard InChI is InChI=1S/C38H27N6O5PS2/c39-21-33(23-5-9-25(10-6-23)37(45)43-31-19-27(13-15-29(31)41)35-3-1-17-51-35)48-50(47)49-34(22-40)24-7-11-26(12-8-24)38(46)44-32-20-28(14-16-30(32)42)36-4-2-18-52-36/h1-20,33-34H,41-42H2,(H-,43,44,45,46)/p+1. The number of thiophene rings is 2. The van der Waals surface area contributed by atoms with Crippen molar-refractivity contribution in [3.8, 4) is 33.0 Å². The van der Waals surface area contributed by atoms with Crippen molar-refractivity contribution < 1.29 is 23.2 Å². The molecule has 2 heterocycles. The molecule has 6 rings (SSSR count). The summed E-state index contributed by atoms with van der Waals surface area (Å²) in [5, 5.41) is 29.1. The molecule has 256 valence electrons. The molecule has 0 saturated carbocycles. The van der Waals surface area contributed by atoms with Crippen molar-refractivity contribution in [3.05, 3.63) is 142 Å². The van der Waals surface area contributed by atoms with Crippen molar-refractivity contribution in [3.63, 3.8) is 0 Å². The fourth-order valence-corrected chi connectivity index (χ4v) is 7.22. The Hall–Kier alpha value is -6.18. The van der Waals surface area contributed by atoms with E-state index in [1.807, 2.05) is 59.3 Å². The highest BCUT2D eigenvalue weighted by Gasteiger charge is 2.34. The number of benzene rings is 4. The molecule has 14 heteroatoms. The van der Waals surface area contributed by atoms with Crippen molar-refractivity contribution >= 4 is 65.5 Å². The molecule has 11 nitrogen and oxygen atoms in total. The quantitative estimate of drug-likeness (QED) is 0.0698. The van der Waals surface area contributed by atoms with Gasteiger partial charge in [-0.05, 0) is 82.6 Å². The Bertz CT molecular complexity index is 2150. The van der Waals surface area contributed by atoms with Crippen LogP contribution in [0.5, 0.6) is 0 Å². The number of rotatable bonds is 12. The summed E-state index contributed by atoms with van der Waals surface area (Å²) in [6.45, 7) is 0. The van der Waals surface area contributed by atoms with Gasteiger partial charge >= 0.3 is 8.25 Å². The highest BCUT2D eigenvalue weighted by atomic mass is 32.1. The highest BCUT2D eigenvalue weighted by Crippen LogP contribution is 2.38. The zero-order valence-electron chi connectivity index (χ0n) is 27.1. The molecule has 2 unspecified atom stereocenters. The van der Waals surface area contributed by atoms with E-state index in [2.05, 4.69) is 10.6 Å². The molecule has 2 atom stereocenters. The number of carbonyl (C=O) groups excluding carboxylic acids is 2. The first-order chi connectivity index (χ1) is 25.2. The third-order valence-corrected chi connectivity index (χ3v) is 10.4. The summed E-state index contributed by atoms with van der Waals surface area (Å²) >= 11 is 3.13. The minimum Gasteiger partial charge on any atom is -0.397 e. The molecule has 0 spiro atoms.